The summed E-state index contributed by atoms with van der Waals surface area (Å²) in [7, 11) is 1.66. The molecule has 28 heavy (non-hydrogen) atoms. The van der Waals surface area contributed by atoms with Crippen molar-refractivity contribution in [2.75, 3.05) is 26.7 Å². The zero-order chi connectivity index (χ0) is 20.1. The number of hydrogen-bond donors (Lipinski definition) is 1. The van der Waals surface area contributed by atoms with Gasteiger partial charge in [-0.1, -0.05) is 31.2 Å². The van der Waals surface area contributed by atoms with E-state index in [-0.39, 0.29) is 23.7 Å². The summed E-state index contributed by atoms with van der Waals surface area (Å²) in [4.78, 5) is 27.3. The van der Waals surface area contributed by atoms with Gasteiger partial charge in [-0.05, 0) is 54.7 Å². The molecule has 1 unspecified atom stereocenters. The van der Waals surface area contributed by atoms with Crippen LogP contribution in [-0.4, -0.2) is 43.5 Å². The summed E-state index contributed by atoms with van der Waals surface area (Å²) in [5.74, 6) is 0.669. The molecule has 2 aromatic rings. The summed E-state index contributed by atoms with van der Waals surface area (Å²) in [6.45, 7) is 5.93. The number of nitrogens with one attached hydrogen (secondary N) is 1. The van der Waals surface area contributed by atoms with E-state index in [4.69, 9.17) is 4.74 Å². The number of carbonyl (C=O) groups is 2. The van der Waals surface area contributed by atoms with Crippen LogP contribution in [-0.2, 0) is 9.59 Å². The quantitative estimate of drug-likeness (QED) is 0.828. The van der Waals surface area contributed by atoms with Gasteiger partial charge in [0.25, 0.3) is 0 Å². The fraction of sp³-hybridized carbons (Fsp3) is 0.478. The van der Waals surface area contributed by atoms with Gasteiger partial charge in [0.05, 0.1) is 18.9 Å². The van der Waals surface area contributed by atoms with Crippen LogP contribution in [0.2, 0.25) is 0 Å². The van der Waals surface area contributed by atoms with Crippen LogP contribution < -0.4 is 10.1 Å². The molecule has 5 heteroatoms. The maximum absolute atomic E-state index is 13.1. The van der Waals surface area contributed by atoms with Gasteiger partial charge in [0.1, 0.15) is 5.75 Å². The molecule has 1 aliphatic rings. The largest absolute Gasteiger partial charge is 0.497 e. The highest BCUT2D eigenvalue weighted by molar-refractivity contribution is 5.89. The SMILES string of the molecule is CCCNC(=O)C1CCCN(C(=O)[C@@H](C)c2ccc3cc(OC)ccc3c2)C1. The van der Waals surface area contributed by atoms with E-state index < -0.39 is 0 Å². The molecule has 0 aromatic heterocycles. The number of nitrogens with zero attached hydrogens (tertiary/aromatic N) is 1. The van der Waals surface area contributed by atoms with Gasteiger partial charge in [-0.25, -0.2) is 0 Å². The zero-order valence-corrected chi connectivity index (χ0v) is 17.0. The molecule has 0 bridgehead atoms. The lowest BCUT2D eigenvalue weighted by Gasteiger charge is -2.34. The van der Waals surface area contributed by atoms with Gasteiger partial charge in [-0.2, -0.15) is 0 Å². The van der Waals surface area contributed by atoms with Crippen molar-refractivity contribution in [1.29, 1.82) is 0 Å². The second-order valence-corrected chi connectivity index (χ2v) is 7.61. The summed E-state index contributed by atoms with van der Waals surface area (Å²) in [5.41, 5.74) is 1.00. The van der Waals surface area contributed by atoms with Crippen LogP contribution in [0.3, 0.4) is 0 Å². The number of rotatable bonds is 6. The van der Waals surface area contributed by atoms with Crippen molar-refractivity contribution >= 4 is 22.6 Å². The predicted molar refractivity (Wildman–Crippen MR) is 112 cm³/mol. The minimum Gasteiger partial charge on any atom is -0.497 e. The van der Waals surface area contributed by atoms with Crippen molar-refractivity contribution in [3.63, 3.8) is 0 Å². The molecule has 2 aromatic carbocycles. The van der Waals surface area contributed by atoms with E-state index in [1.54, 1.807) is 7.11 Å². The lowest BCUT2D eigenvalue weighted by molar-refractivity contribution is -0.136. The molecule has 3 rings (SSSR count). The van der Waals surface area contributed by atoms with Gasteiger partial charge in [-0.15, -0.1) is 0 Å². The molecule has 2 amide bonds. The van der Waals surface area contributed by atoms with Gasteiger partial charge < -0.3 is 15.0 Å². The molecule has 1 saturated heterocycles. The van der Waals surface area contributed by atoms with E-state index in [9.17, 15) is 9.59 Å². The number of likely N-dealkylation sites (tertiary alicyclic amines) is 1. The summed E-state index contributed by atoms with van der Waals surface area (Å²) < 4.78 is 5.28. The third kappa shape index (κ3) is 4.46. The molecule has 0 aliphatic carbocycles. The third-order valence-electron chi connectivity index (χ3n) is 5.59. The minimum atomic E-state index is -0.232. The van der Waals surface area contributed by atoms with E-state index in [1.807, 2.05) is 49.1 Å². The Morgan fingerprint density at radius 2 is 1.96 bits per heavy atom. The monoisotopic (exact) mass is 382 g/mol. The van der Waals surface area contributed by atoms with Crippen LogP contribution in [0.15, 0.2) is 36.4 Å². The van der Waals surface area contributed by atoms with Crippen molar-refractivity contribution in [3.8, 4) is 5.75 Å². The van der Waals surface area contributed by atoms with Crippen LogP contribution in [0.4, 0.5) is 0 Å². The maximum Gasteiger partial charge on any atom is 0.229 e. The molecule has 1 N–H and O–H groups in total. The van der Waals surface area contributed by atoms with E-state index >= 15 is 0 Å². The van der Waals surface area contributed by atoms with Gasteiger partial charge in [0.2, 0.25) is 11.8 Å². The molecule has 1 aliphatic heterocycles. The predicted octanol–water partition coefficient (Wildman–Crippen LogP) is 3.72. The third-order valence-corrected chi connectivity index (χ3v) is 5.59. The Hall–Kier alpha value is -2.56. The number of hydrogen-bond acceptors (Lipinski definition) is 3. The van der Waals surface area contributed by atoms with E-state index in [0.717, 1.165) is 47.9 Å². The molecule has 0 saturated carbocycles. The van der Waals surface area contributed by atoms with Crippen molar-refractivity contribution in [3.05, 3.63) is 42.0 Å². The van der Waals surface area contributed by atoms with Crippen LogP contribution in [0, 0.1) is 5.92 Å². The highest BCUT2D eigenvalue weighted by Gasteiger charge is 2.30. The molecular weight excluding hydrogens is 352 g/mol. The van der Waals surface area contributed by atoms with E-state index in [2.05, 4.69) is 11.4 Å². The van der Waals surface area contributed by atoms with Gasteiger partial charge in [-0.3, -0.25) is 9.59 Å². The first-order valence-electron chi connectivity index (χ1n) is 10.2. The Balaban J connectivity index is 1.71. The number of methoxy groups -OCH3 is 1. The molecule has 1 fully saturated rings. The number of fused-ring (bicyclic) bond motifs is 1. The molecule has 1 heterocycles. The number of benzene rings is 2. The fourth-order valence-corrected chi connectivity index (χ4v) is 3.84. The first-order chi connectivity index (χ1) is 13.5. The Labute approximate surface area is 167 Å². The number of piperidine rings is 1. The Kier molecular flexibility index (Phi) is 6.55. The average Bonchev–Trinajstić information content (AvgIpc) is 2.75. The van der Waals surface area contributed by atoms with Gasteiger partial charge in [0.15, 0.2) is 0 Å². The highest BCUT2D eigenvalue weighted by atomic mass is 16.5. The first-order valence-corrected chi connectivity index (χ1v) is 10.2. The van der Waals surface area contributed by atoms with Crippen LogP contribution in [0.25, 0.3) is 10.8 Å². The second-order valence-electron chi connectivity index (χ2n) is 7.61. The van der Waals surface area contributed by atoms with Crippen molar-refractivity contribution in [1.82, 2.24) is 10.2 Å². The standard InChI is InChI=1S/C23H30N2O3/c1-4-11-24-22(26)20-6-5-12-25(15-20)23(27)16(2)17-7-8-19-14-21(28-3)10-9-18(19)13-17/h7-10,13-14,16,20H,4-6,11-12,15H2,1-3H3,(H,24,26)/t16-,20?/m0/s1. The molecule has 2 atom stereocenters. The van der Waals surface area contributed by atoms with Crippen molar-refractivity contribution < 1.29 is 14.3 Å². The second kappa shape index (κ2) is 9.09. The smallest absolute Gasteiger partial charge is 0.229 e. The van der Waals surface area contributed by atoms with Gasteiger partial charge >= 0.3 is 0 Å². The lowest BCUT2D eigenvalue weighted by atomic mass is 9.93. The Bertz CT molecular complexity index is 849. The molecule has 5 nitrogen and oxygen atoms in total. The van der Waals surface area contributed by atoms with E-state index in [1.165, 1.54) is 0 Å². The van der Waals surface area contributed by atoms with Gasteiger partial charge in [0, 0.05) is 19.6 Å². The normalized spacial score (nSPS) is 18.0. The molecular formula is C23H30N2O3. The highest BCUT2D eigenvalue weighted by Crippen LogP contribution is 2.27. The first kappa shape index (κ1) is 20.2. The zero-order valence-electron chi connectivity index (χ0n) is 17.0. The summed E-state index contributed by atoms with van der Waals surface area (Å²) in [6.07, 6.45) is 2.65. The fourth-order valence-electron chi connectivity index (χ4n) is 3.84. The average molecular weight is 383 g/mol. The van der Waals surface area contributed by atoms with E-state index in [0.29, 0.717) is 13.1 Å². The molecule has 150 valence electrons. The topological polar surface area (TPSA) is 58.6 Å². The summed E-state index contributed by atoms with van der Waals surface area (Å²) in [6, 6.07) is 12.1. The summed E-state index contributed by atoms with van der Waals surface area (Å²) in [5, 5.41) is 5.15. The maximum atomic E-state index is 13.1. The Morgan fingerprint density at radius 3 is 2.71 bits per heavy atom. The Morgan fingerprint density at radius 1 is 1.21 bits per heavy atom. The van der Waals surface area contributed by atoms with Crippen molar-refractivity contribution in [2.24, 2.45) is 5.92 Å². The van der Waals surface area contributed by atoms with Crippen molar-refractivity contribution in [2.45, 2.75) is 39.0 Å². The minimum absolute atomic E-state index is 0.0756. The number of ether oxygens (including phenoxy) is 1. The number of carbonyl (C=O) groups excluding carboxylic acids is 2. The van der Waals surface area contributed by atoms with Crippen LogP contribution >= 0.6 is 0 Å². The molecule has 0 spiro atoms. The molecule has 0 radical (unpaired) electrons. The van der Waals surface area contributed by atoms with Crippen LogP contribution in [0.1, 0.15) is 44.6 Å². The van der Waals surface area contributed by atoms with Crippen LogP contribution in [0.5, 0.6) is 5.75 Å². The lowest BCUT2D eigenvalue weighted by Crippen LogP contribution is -2.46. The number of amides is 2. The summed E-state index contributed by atoms with van der Waals surface area (Å²) >= 11 is 0.